The molecule has 1 fully saturated rings. The topological polar surface area (TPSA) is 53.1 Å². The molecule has 0 atom stereocenters. The van der Waals surface area contributed by atoms with Gasteiger partial charge in [-0.15, -0.1) is 0 Å². The predicted molar refractivity (Wildman–Crippen MR) is 71.1 cm³/mol. The Hall–Kier alpha value is -1.88. The van der Waals surface area contributed by atoms with E-state index in [9.17, 15) is 4.39 Å². The number of nitrogens with two attached hydrogens (primary N) is 1. The van der Waals surface area contributed by atoms with Crippen LogP contribution < -0.4 is 5.73 Å². The summed E-state index contributed by atoms with van der Waals surface area (Å²) >= 11 is 0. The van der Waals surface area contributed by atoms with Crippen molar-refractivity contribution in [1.82, 2.24) is 9.78 Å². The van der Waals surface area contributed by atoms with Crippen molar-refractivity contribution in [2.45, 2.75) is 18.9 Å². The fourth-order valence-corrected chi connectivity index (χ4v) is 2.39. The summed E-state index contributed by atoms with van der Waals surface area (Å²) in [4.78, 5) is 0. The Morgan fingerprint density at radius 3 is 2.84 bits per heavy atom. The van der Waals surface area contributed by atoms with Crippen LogP contribution in [-0.4, -0.2) is 23.0 Å². The van der Waals surface area contributed by atoms with Crippen molar-refractivity contribution < 1.29 is 9.13 Å². The molecular formula is C14H16FN3O. The first-order chi connectivity index (χ1) is 9.24. The largest absolute Gasteiger partial charge is 0.399 e. The van der Waals surface area contributed by atoms with Crippen LogP contribution in [0.5, 0.6) is 0 Å². The van der Waals surface area contributed by atoms with E-state index < -0.39 is 0 Å². The SMILES string of the molecule is Nc1ccc(-c2cnn(C3CCOCC3)c2)c(F)c1. The van der Waals surface area contributed by atoms with Gasteiger partial charge in [-0.25, -0.2) is 4.39 Å². The highest BCUT2D eigenvalue weighted by Gasteiger charge is 2.17. The highest BCUT2D eigenvalue weighted by Crippen LogP contribution is 2.27. The summed E-state index contributed by atoms with van der Waals surface area (Å²) in [5, 5.41) is 4.34. The van der Waals surface area contributed by atoms with Gasteiger partial charge in [0.05, 0.1) is 12.2 Å². The molecule has 5 heteroatoms. The molecule has 0 unspecified atom stereocenters. The van der Waals surface area contributed by atoms with Crippen LogP contribution in [0, 0.1) is 5.82 Å². The van der Waals surface area contributed by atoms with Gasteiger partial charge in [0.2, 0.25) is 0 Å². The van der Waals surface area contributed by atoms with E-state index in [0.29, 0.717) is 17.3 Å². The highest BCUT2D eigenvalue weighted by atomic mass is 19.1. The molecule has 0 spiro atoms. The first-order valence-electron chi connectivity index (χ1n) is 6.41. The van der Waals surface area contributed by atoms with Gasteiger partial charge in [0.1, 0.15) is 5.82 Å². The maximum absolute atomic E-state index is 13.9. The molecule has 0 aliphatic carbocycles. The Morgan fingerprint density at radius 2 is 2.11 bits per heavy atom. The van der Waals surface area contributed by atoms with Gasteiger partial charge < -0.3 is 10.5 Å². The maximum atomic E-state index is 13.9. The molecule has 1 aromatic carbocycles. The van der Waals surface area contributed by atoms with E-state index >= 15 is 0 Å². The molecule has 0 bridgehead atoms. The van der Waals surface area contributed by atoms with Gasteiger partial charge >= 0.3 is 0 Å². The molecule has 2 aromatic rings. The van der Waals surface area contributed by atoms with Crippen molar-refractivity contribution >= 4 is 5.69 Å². The van der Waals surface area contributed by atoms with Gasteiger partial charge in [-0.1, -0.05) is 0 Å². The summed E-state index contributed by atoms with van der Waals surface area (Å²) in [5.41, 5.74) is 7.30. The quantitative estimate of drug-likeness (QED) is 0.845. The van der Waals surface area contributed by atoms with Crippen LogP contribution in [-0.2, 0) is 4.74 Å². The van der Waals surface area contributed by atoms with Crippen molar-refractivity contribution in [3.63, 3.8) is 0 Å². The summed E-state index contributed by atoms with van der Waals surface area (Å²) in [6.45, 7) is 1.52. The number of rotatable bonds is 2. The van der Waals surface area contributed by atoms with E-state index in [0.717, 1.165) is 31.6 Å². The zero-order valence-corrected chi connectivity index (χ0v) is 10.6. The molecule has 1 aliphatic rings. The van der Waals surface area contributed by atoms with E-state index in [-0.39, 0.29) is 5.82 Å². The van der Waals surface area contributed by atoms with Crippen LogP contribution in [0.1, 0.15) is 18.9 Å². The lowest BCUT2D eigenvalue weighted by Gasteiger charge is -2.22. The van der Waals surface area contributed by atoms with E-state index in [4.69, 9.17) is 10.5 Å². The van der Waals surface area contributed by atoms with E-state index in [2.05, 4.69) is 5.10 Å². The van der Waals surface area contributed by atoms with Gasteiger partial charge in [0.25, 0.3) is 0 Å². The summed E-state index contributed by atoms with van der Waals surface area (Å²) in [7, 11) is 0. The molecule has 2 heterocycles. The molecule has 100 valence electrons. The van der Waals surface area contributed by atoms with E-state index in [1.54, 1.807) is 18.3 Å². The summed E-state index contributed by atoms with van der Waals surface area (Å²) < 4.78 is 21.1. The zero-order valence-electron chi connectivity index (χ0n) is 10.6. The van der Waals surface area contributed by atoms with Crippen molar-refractivity contribution in [2.24, 2.45) is 0 Å². The van der Waals surface area contributed by atoms with Gasteiger partial charge in [-0.3, -0.25) is 4.68 Å². The Bertz CT molecular complexity index is 576. The van der Waals surface area contributed by atoms with Gasteiger partial charge in [0, 0.05) is 36.2 Å². The number of benzene rings is 1. The third kappa shape index (κ3) is 2.46. The average Bonchev–Trinajstić information content (AvgIpc) is 2.89. The standard InChI is InChI=1S/C14H16FN3O/c15-14-7-11(16)1-2-13(14)10-8-17-18(9-10)12-3-5-19-6-4-12/h1-2,7-9,12H,3-6,16H2. The number of aromatic nitrogens is 2. The van der Waals surface area contributed by atoms with Gasteiger partial charge in [0.15, 0.2) is 0 Å². The minimum absolute atomic E-state index is 0.313. The Kier molecular flexibility index (Phi) is 3.21. The lowest BCUT2D eigenvalue weighted by atomic mass is 10.1. The highest BCUT2D eigenvalue weighted by molar-refractivity contribution is 5.65. The normalized spacial score (nSPS) is 16.7. The van der Waals surface area contributed by atoms with E-state index in [1.807, 2.05) is 10.9 Å². The third-order valence-corrected chi connectivity index (χ3v) is 3.47. The second-order valence-electron chi connectivity index (χ2n) is 4.79. The number of nitrogens with zero attached hydrogens (tertiary/aromatic N) is 2. The summed E-state index contributed by atoms with van der Waals surface area (Å²) in [6, 6.07) is 5.07. The number of nitrogen functional groups attached to an aromatic ring is 1. The Labute approximate surface area is 111 Å². The maximum Gasteiger partial charge on any atom is 0.133 e. The minimum atomic E-state index is -0.313. The van der Waals surface area contributed by atoms with Crippen molar-refractivity contribution in [2.75, 3.05) is 18.9 Å². The molecule has 3 rings (SSSR count). The number of anilines is 1. The number of hydrogen-bond donors (Lipinski definition) is 1. The third-order valence-electron chi connectivity index (χ3n) is 3.47. The molecule has 0 amide bonds. The molecule has 2 N–H and O–H groups in total. The molecule has 1 aliphatic heterocycles. The second-order valence-corrected chi connectivity index (χ2v) is 4.79. The molecule has 19 heavy (non-hydrogen) atoms. The number of ether oxygens (including phenoxy) is 1. The second kappa shape index (κ2) is 5.01. The first-order valence-corrected chi connectivity index (χ1v) is 6.41. The average molecular weight is 261 g/mol. The Balaban J connectivity index is 1.87. The lowest BCUT2D eigenvalue weighted by molar-refractivity contribution is 0.0662. The fraction of sp³-hybridized carbons (Fsp3) is 0.357. The molecular weight excluding hydrogens is 245 g/mol. The number of halogens is 1. The van der Waals surface area contributed by atoms with Crippen molar-refractivity contribution in [1.29, 1.82) is 0 Å². The first kappa shape index (κ1) is 12.2. The fourth-order valence-electron chi connectivity index (χ4n) is 2.39. The summed E-state index contributed by atoms with van der Waals surface area (Å²) in [6.07, 6.45) is 5.49. The van der Waals surface area contributed by atoms with Crippen LogP contribution in [0.3, 0.4) is 0 Å². The number of hydrogen-bond acceptors (Lipinski definition) is 3. The van der Waals surface area contributed by atoms with Crippen LogP contribution in [0.15, 0.2) is 30.6 Å². The van der Waals surface area contributed by atoms with Crippen LogP contribution in [0.2, 0.25) is 0 Å². The molecule has 1 saturated heterocycles. The van der Waals surface area contributed by atoms with Crippen LogP contribution in [0.25, 0.3) is 11.1 Å². The zero-order chi connectivity index (χ0) is 13.2. The molecule has 0 saturated carbocycles. The summed E-state index contributed by atoms with van der Waals surface area (Å²) in [5.74, 6) is -0.313. The molecule has 0 radical (unpaired) electrons. The van der Waals surface area contributed by atoms with Crippen LogP contribution in [0.4, 0.5) is 10.1 Å². The van der Waals surface area contributed by atoms with E-state index in [1.165, 1.54) is 6.07 Å². The monoisotopic (exact) mass is 261 g/mol. The van der Waals surface area contributed by atoms with Crippen molar-refractivity contribution in [3.8, 4) is 11.1 Å². The van der Waals surface area contributed by atoms with Gasteiger partial charge in [-0.05, 0) is 31.0 Å². The Morgan fingerprint density at radius 1 is 1.32 bits per heavy atom. The van der Waals surface area contributed by atoms with Gasteiger partial charge in [-0.2, -0.15) is 5.10 Å². The molecule has 4 nitrogen and oxygen atoms in total. The predicted octanol–water partition coefficient (Wildman–Crippen LogP) is 2.62. The smallest absolute Gasteiger partial charge is 0.133 e. The van der Waals surface area contributed by atoms with Crippen molar-refractivity contribution in [3.05, 3.63) is 36.4 Å². The van der Waals surface area contributed by atoms with Crippen LogP contribution >= 0.6 is 0 Å². The lowest BCUT2D eigenvalue weighted by Crippen LogP contribution is -2.19. The minimum Gasteiger partial charge on any atom is -0.399 e. The molecule has 1 aromatic heterocycles.